The van der Waals surface area contributed by atoms with Crippen molar-refractivity contribution in [3.63, 3.8) is 0 Å². The van der Waals surface area contributed by atoms with Gasteiger partial charge >= 0.3 is 0 Å². The second-order valence-electron chi connectivity index (χ2n) is 5.72. The van der Waals surface area contributed by atoms with E-state index in [0.29, 0.717) is 17.8 Å². The van der Waals surface area contributed by atoms with Gasteiger partial charge in [0.2, 0.25) is 5.95 Å². The molecule has 2 aliphatic heterocycles. The molecule has 4 heterocycles. The number of aromatic nitrogens is 3. The first-order valence-electron chi connectivity index (χ1n) is 7.21. The van der Waals surface area contributed by atoms with E-state index >= 15 is 0 Å². The number of nitrogens with one attached hydrogen (secondary N) is 1. The first kappa shape index (κ1) is 12.5. The molecule has 4 rings (SSSR count). The van der Waals surface area contributed by atoms with Gasteiger partial charge in [0.05, 0.1) is 5.69 Å². The van der Waals surface area contributed by atoms with Gasteiger partial charge in [-0.2, -0.15) is 0 Å². The van der Waals surface area contributed by atoms with Gasteiger partial charge in [0.25, 0.3) is 5.56 Å². The van der Waals surface area contributed by atoms with Crippen molar-refractivity contribution < 1.29 is 0 Å². The van der Waals surface area contributed by atoms with Crippen LogP contribution in [0.5, 0.6) is 0 Å². The topological polar surface area (TPSA) is 63.1 Å². The van der Waals surface area contributed by atoms with Crippen molar-refractivity contribution in [1.82, 2.24) is 19.9 Å². The van der Waals surface area contributed by atoms with Crippen LogP contribution >= 0.6 is 0 Å². The van der Waals surface area contributed by atoms with Crippen molar-refractivity contribution in [2.75, 3.05) is 18.0 Å². The van der Waals surface area contributed by atoms with Crippen molar-refractivity contribution in [3.8, 4) is 11.3 Å². The minimum absolute atomic E-state index is 0.0254. The maximum absolute atomic E-state index is 12.3. The zero-order chi connectivity index (χ0) is 14.4. The molecular weight excluding hydrogens is 266 g/mol. The summed E-state index contributed by atoms with van der Waals surface area (Å²) in [5.41, 5.74) is 1.61. The van der Waals surface area contributed by atoms with Gasteiger partial charge in [-0.05, 0) is 18.6 Å². The summed E-state index contributed by atoms with van der Waals surface area (Å²) in [6.45, 7) is 1.89. The van der Waals surface area contributed by atoms with Crippen LogP contribution in [0.3, 0.4) is 0 Å². The van der Waals surface area contributed by atoms with E-state index in [4.69, 9.17) is 4.98 Å². The lowest BCUT2D eigenvalue weighted by atomic mass is 10.2. The van der Waals surface area contributed by atoms with Gasteiger partial charge in [0.1, 0.15) is 0 Å². The Balaban J connectivity index is 1.80. The third-order valence-electron chi connectivity index (χ3n) is 4.40. The third-order valence-corrected chi connectivity index (χ3v) is 4.40. The summed E-state index contributed by atoms with van der Waals surface area (Å²) in [5, 5.41) is 3.47. The van der Waals surface area contributed by atoms with E-state index in [1.54, 1.807) is 30.1 Å². The average Bonchev–Trinajstić information content (AvgIpc) is 3.13. The van der Waals surface area contributed by atoms with Crippen molar-refractivity contribution in [1.29, 1.82) is 0 Å². The van der Waals surface area contributed by atoms with Gasteiger partial charge in [-0.15, -0.1) is 0 Å². The zero-order valence-electron chi connectivity index (χ0n) is 11.9. The van der Waals surface area contributed by atoms with Crippen LogP contribution in [0.2, 0.25) is 0 Å². The summed E-state index contributed by atoms with van der Waals surface area (Å²) in [6, 6.07) is 6.31. The highest BCUT2D eigenvalue weighted by atomic mass is 16.1. The molecule has 108 valence electrons. The monoisotopic (exact) mass is 283 g/mol. The zero-order valence-corrected chi connectivity index (χ0v) is 11.9. The number of pyridine rings is 1. The highest BCUT2D eigenvalue weighted by Crippen LogP contribution is 2.28. The largest absolute Gasteiger partial charge is 0.336 e. The van der Waals surface area contributed by atoms with Crippen LogP contribution in [-0.4, -0.2) is 39.7 Å². The molecule has 21 heavy (non-hydrogen) atoms. The van der Waals surface area contributed by atoms with Crippen molar-refractivity contribution in [2.24, 2.45) is 7.05 Å². The smallest absolute Gasteiger partial charge is 0.255 e. The fourth-order valence-corrected chi connectivity index (χ4v) is 3.26. The first-order chi connectivity index (χ1) is 10.2. The van der Waals surface area contributed by atoms with Gasteiger partial charge in [-0.3, -0.25) is 14.3 Å². The molecule has 6 heteroatoms. The van der Waals surface area contributed by atoms with Gasteiger partial charge in [0.15, 0.2) is 0 Å². The van der Waals surface area contributed by atoms with E-state index in [1.807, 2.05) is 12.1 Å². The molecule has 2 aromatic rings. The molecule has 2 bridgehead atoms. The lowest BCUT2D eigenvalue weighted by Gasteiger charge is -2.29. The average molecular weight is 283 g/mol. The minimum atomic E-state index is -0.0254. The Morgan fingerprint density at radius 1 is 1.33 bits per heavy atom. The van der Waals surface area contributed by atoms with Crippen LogP contribution in [0.4, 0.5) is 5.95 Å². The molecule has 1 N–H and O–H groups in total. The van der Waals surface area contributed by atoms with E-state index in [-0.39, 0.29) is 5.56 Å². The maximum Gasteiger partial charge on any atom is 0.255 e. The second-order valence-corrected chi connectivity index (χ2v) is 5.72. The molecule has 6 nitrogen and oxygen atoms in total. The minimum Gasteiger partial charge on any atom is -0.336 e. The molecule has 2 saturated heterocycles. The predicted octanol–water partition coefficient (Wildman–Crippen LogP) is 0.393. The number of anilines is 1. The van der Waals surface area contributed by atoms with E-state index in [2.05, 4.69) is 15.2 Å². The lowest BCUT2D eigenvalue weighted by Crippen LogP contribution is -2.46. The van der Waals surface area contributed by atoms with Crippen LogP contribution in [0.1, 0.15) is 6.42 Å². The Hall–Kier alpha value is -2.21. The molecule has 2 aliphatic rings. The number of nitrogens with zero attached hydrogens (tertiary/aromatic N) is 4. The summed E-state index contributed by atoms with van der Waals surface area (Å²) in [7, 11) is 1.79. The molecule has 0 aliphatic carbocycles. The van der Waals surface area contributed by atoms with Crippen LogP contribution in [-0.2, 0) is 7.05 Å². The van der Waals surface area contributed by atoms with Crippen LogP contribution in [0, 0.1) is 0 Å². The van der Waals surface area contributed by atoms with E-state index in [9.17, 15) is 4.79 Å². The number of piperazine rings is 1. The molecular formula is C15H17N5O. The Labute approximate surface area is 122 Å². The molecule has 0 radical (unpaired) electrons. The summed E-state index contributed by atoms with van der Waals surface area (Å²) >= 11 is 0. The first-order valence-corrected chi connectivity index (χ1v) is 7.21. The van der Waals surface area contributed by atoms with Crippen LogP contribution in [0.25, 0.3) is 11.3 Å². The van der Waals surface area contributed by atoms with Gasteiger partial charge in [-0.25, -0.2) is 4.98 Å². The Bertz CT molecular complexity index is 727. The third kappa shape index (κ3) is 2.03. The van der Waals surface area contributed by atoms with E-state index in [1.165, 1.54) is 0 Å². The molecule has 2 fully saturated rings. The Morgan fingerprint density at radius 3 is 2.81 bits per heavy atom. The number of rotatable bonds is 2. The van der Waals surface area contributed by atoms with Gasteiger partial charge in [0, 0.05) is 56.2 Å². The summed E-state index contributed by atoms with van der Waals surface area (Å²) in [6.07, 6.45) is 4.57. The fourth-order valence-electron chi connectivity index (χ4n) is 3.26. The number of fused-ring (bicyclic) bond motifs is 2. The summed E-state index contributed by atoms with van der Waals surface area (Å²) < 4.78 is 1.64. The fraction of sp³-hybridized carbons (Fsp3) is 0.400. The lowest BCUT2D eigenvalue weighted by molar-refractivity contribution is 0.562. The quantitative estimate of drug-likeness (QED) is 0.864. The highest BCUT2D eigenvalue weighted by Gasteiger charge is 2.39. The van der Waals surface area contributed by atoms with E-state index in [0.717, 1.165) is 31.0 Å². The highest BCUT2D eigenvalue weighted by molar-refractivity contribution is 5.59. The van der Waals surface area contributed by atoms with Gasteiger partial charge < -0.3 is 10.2 Å². The molecule has 0 aromatic carbocycles. The number of hydrogen-bond donors (Lipinski definition) is 1. The summed E-state index contributed by atoms with van der Waals surface area (Å²) in [4.78, 5) is 23.3. The van der Waals surface area contributed by atoms with Crippen molar-refractivity contribution in [2.45, 2.75) is 18.5 Å². The van der Waals surface area contributed by atoms with Crippen LogP contribution in [0.15, 0.2) is 35.4 Å². The number of hydrogen-bond acceptors (Lipinski definition) is 5. The normalized spacial score (nSPS) is 23.8. The molecule has 2 atom stereocenters. The second kappa shape index (κ2) is 4.66. The Morgan fingerprint density at radius 2 is 2.14 bits per heavy atom. The van der Waals surface area contributed by atoms with Crippen molar-refractivity contribution >= 4 is 5.95 Å². The SMILES string of the molecule is Cn1c(N2CC3C[C@H]2CN3)nc(-c2ccncc2)cc1=O. The van der Waals surface area contributed by atoms with E-state index < -0.39 is 0 Å². The molecule has 0 spiro atoms. The summed E-state index contributed by atoms with van der Waals surface area (Å²) in [5.74, 6) is 0.767. The molecule has 0 amide bonds. The van der Waals surface area contributed by atoms with Gasteiger partial charge in [-0.1, -0.05) is 0 Å². The standard InChI is InChI=1S/C15H17N5O/c1-19-14(21)7-13(10-2-4-16-5-3-10)18-15(19)20-9-11-6-12(20)8-17-11/h2-5,7,11-12,17H,6,8-9H2,1H3/t11?,12-/m0/s1. The van der Waals surface area contributed by atoms with Crippen LogP contribution < -0.4 is 15.8 Å². The predicted molar refractivity (Wildman–Crippen MR) is 80.3 cm³/mol. The molecule has 2 aromatic heterocycles. The van der Waals surface area contributed by atoms with Crippen molar-refractivity contribution in [3.05, 3.63) is 40.9 Å². The Kier molecular flexibility index (Phi) is 2.78. The molecule has 0 saturated carbocycles. The molecule has 1 unspecified atom stereocenters. The maximum atomic E-state index is 12.3.